The smallest absolute Gasteiger partial charge is 0.214 e. The number of aryl methyl sites for hydroxylation is 1. The minimum atomic E-state index is 0.633. The molecule has 0 unspecified atom stereocenters. The lowest BCUT2D eigenvalue weighted by atomic mass is 10.3. The average Bonchev–Trinajstić information content (AvgIpc) is 2.42. The number of aromatic nitrogens is 1. The van der Waals surface area contributed by atoms with Gasteiger partial charge in [0.05, 0.1) is 12.8 Å². The van der Waals surface area contributed by atoms with Crippen molar-refractivity contribution in [3.63, 3.8) is 0 Å². The van der Waals surface area contributed by atoms with Crippen LogP contribution >= 0.6 is 11.3 Å². The Morgan fingerprint density at radius 3 is 2.92 bits per heavy atom. The zero-order valence-electron chi connectivity index (χ0n) is 7.50. The molecular formula is C9H10N2OS. The average molecular weight is 194 g/mol. The summed E-state index contributed by atoms with van der Waals surface area (Å²) < 4.78 is 5.03. The van der Waals surface area contributed by atoms with E-state index >= 15 is 0 Å². The van der Waals surface area contributed by atoms with Gasteiger partial charge in [-0.2, -0.15) is 0 Å². The minimum Gasteiger partial charge on any atom is -0.481 e. The van der Waals surface area contributed by atoms with Crippen molar-refractivity contribution in [2.24, 2.45) is 0 Å². The van der Waals surface area contributed by atoms with Gasteiger partial charge >= 0.3 is 0 Å². The van der Waals surface area contributed by atoms with Gasteiger partial charge in [0.15, 0.2) is 0 Å². The van der Waals surface area contributed by atoms with Gasteiger partial charge in [0.2, 0.25) is 5.88 Å². The molecule has 2 rings (SSSR count). The Labute approximate surface area is 80.2 Å². The first-order chi connectivity index (χ1) is 6.22. The number of anilines is 1. The van der Waals surface area contributed by atoms with Crippen molar-refractivity contribution in [1.29, 1.82) is 0 Å². The van der Waals surface area contributed by atoms with Crippen LogP contribution in [0.2, 0.25) is 0 Å². The molecule has 2 heterocycles. The van der Waals surface area contributed by atoms with Gasteiger partial charge in [0, 0.05) is 16.3 Å². The van der Waals surface area contributed by atoms with Gasteiger partial charge in [0.25, 0.3) is 0 Å². The topological polar surface area (TPSA) is 48.1 Å². The summed E-state index contributed by atoms with van der Waals surface area (Å²) in [6.07, 6.45) is 0. The largest absolute Gasteiger partial charge is 0.481 e. The maximum absolute atomic E-state index is 5.86. The Kier molecular flexibility index (Phi) is 1.84. The zero-order valence-corrected chi connectivity index (χ0v) is 8.31. The lowest BCUT2D eigenvalue weighted by Crippen LogP contribution is -1.87. The normalized spacial score (nSPS) is 10.6. The molecular weight excluding hydrogens is 184 g/mol. The summed E-state index contributed by atoms with van der Waals surface area (Å²) in [6, 6.07) is 3.77. The predicted molar refractivity (Wildman–Crippen MR) is 55.3 cm³/mol. The minimum absolute atomic E-state index is 0.633. The number of nitrogen functional groups attached to an aromatic ring is 1. The first-order valence-electron chi connectivity index (χ1n) is 3.92. The van der Waals surface area contributed by atoms with Gasteiger partial charge in [-0.3, -0.25) is 0 Å². The lowest BCUT2D eigenvalue weighted by Gasteiger charge is -1.96. The summed E-state index contributed by atoms with van der Waals surface area (Å²) >= 11 is 1.59. The highest BCUT2D eigenvalue weighted by Gasteiger charge is 2.07. The Bertz CT molecular complexity index is 450. The van der Waals surface area contributed by atoms with E-state index in [4.69, 9.17) is 10.5 Å². The maximum atomic E-state index is 5.86. The first kappa shape index (κ1) is 8.31. The van der Waals surface area contributed by atoms with Crippen molar-refractivity contribution in [3.05, 3.63) is 17.0 Å². The number of ether oxygens (including phenoxy) is 1. The van der Waals surface area contributed by atoms with Gasteiger partial charge in [-0.15, -0.1) is 11.3 Å². The third kappa shape index (κ3) is 1.23. The molecule has 0 radical (unpaired) electrons. The number of hydrogen-bond donors (Lipinski definition) is 1. The van der Waals surface area contributed by atoms with Crippen LogP contribution < -0.4 is 10.5 Å². The standard InChI is InChI=1S/C9H10N2OS/c1-5-8(10)6-3-4-7(12-2)11-9(6)13-5/h3-4H,10H2,1-2H3. The van der Waals surface area contributed by atoms with Gasteiger partial charge in [-0.05, 0) is 13.0 Å². The van der Waals surface area contributed by atoms with E-state index in [1.54, 1.807) is 18.4 Å². The van der Waals surface area contributed by atoms with Crippen LogP contribution in [0.4, 0.5) is 5.69 Å². The molecule has 0 aliphatic rings. The van der Waals surface area contributed by atoms with E-state index in [0.29, 0.717) is 5.88 Å². The van der Waals surface area contributed by atoms with Gasteiger partial charge in [-0.25, -0.2) is 4.98 Å². The van der Waals surface area contributed by atoms with Crippen molar-refractivity contribution in [2.45, 2.75) is 6.92 Å². The number of thiophene rings is 1. The highest BCUT2D eigenvalue weighted by atomic mass is 32.1. The van der Waals surface area contributed by atoms with Gasteiger partial charge < -0.3 is 10.5 Å². The summed E-state index contributed by atoms with van der Waals surface area (Å²) in [4.78, 5) is 6.34. The molecule has 2 N–H and O–H groups in total. The van der Waals surface area contributed by atoms with Crippen LogP contribution in [0, 0.1) is 6.92 Å². The zero-order chi connectivity index (χ0) is 9.42. The quantitative estimate of drug-likeness (QED) is 0.757. The summed E-state index contributed by atoms with van der Waals surface area (Å²) in [6.45, 7) is 1.99. The molecule has 0 aliphatic carbocycles. The van der Waals surface area contributed by atoms with E-state index in [2.05, 4.69) is 4.98 Å². The molecule has 0 bridgehead atoms. The molecule has 2 aromatic rings. The molecule has 2 aromatic heterocycles. The molecule has 0 aromatic carbocycles. The number of methoxy groups -OCH3 is 1. The second kappa shape index (κ2) is 2.88. The van der Waals surface area contributed by atoms with Crippen molar-refractivity contribution in [2.75, 3.05) is 12.8 Å². The Hall–Kier alpha value is -1.29. The number of nitrogens with zero attached hydrogens (tertiary/aromatic N) is 1. The Balaban J connectivity index is 2.73. The van der Waals surface area contributed by atoms with Crippen molar-refractivity contribution >= 4 is 27.2 Å². The van der Waals surface area contributed by atoms with Crippen LogP contribution in [0.5, 0.6) is 5.88 Å². The second-order valence-corrected chi connectivity index (χ2v) is 3.98. The summed E-state index contributed by atoms with van der Waals surface area (Å²) in [5, 5.41) is 1.02. The third-order valence-corrected chi connectivity index (χ3v) is 2.99. The fourth-order valence-electron chi connectivity index (χ4n) is 1.21. The number of fused-ring (bicyclic) bond motifs is 1. The molecule has 4 heteroatoms. The van der Waals surface area contributed by atoms with Crippen molar-refractivity contribution in [1.82, 2.24) is 4.98 Å². The molecule has 13 heavy (non-hydrogen) atoms. The summed E-state index contributed by atoms with van der Waals surface area (Å²) in [5.74, 6) is 0.633. The van der Waals surface area contributed by atoms with E-state index in [0.717, 1.165) is 20.8 Å². The van der Waals surface area contributed by atoms with Crippen LogP contribution in [0.3, 0.4) is 0 Å². The molecule has 68 valence electrons. The van der Waals surface area contributed by atoms with E-state index in [1.807, 2.05) is 19.1 Å². The fraction of sp³-hybridized carbons (Fsp3) is 0.222. The van der Waals surface area contributed by atoms with Crippen LogP contribution in [-0.2, 0) is 0 Å². The Morgan fingerprint density at radius 1 is 1.46 bits per heavy atom. The summed E-state index contributed by atoms with van der Waals surface area (Å²) in [5.41, 5.74) is 6.69. The van der Waals surface area contributed by atoms with Crippen molar-refractivity contribution in [3.8, 4) is 5.88 Å². The molecule has 0 spiro atoms. The molecule has 0 fully saturated rings. The second-order valence-electron chi connectivity index (χ2n) is 2.78. The molecule has 0 saturated heterocycles. The van der Waals surface area contributed by atoms with Crippen LogP contribution in [0.1, 0.15) is 4.88 Å². The van der Waals surface area contributed by atoms with E-state index in [9.17, 15) is 0 Å². The maximum Gasteiger partial charge on any atom is 0.214 e. The number of pyridine rings is 1. The number of hydrogen-bond acceptors (Lipinski definition) is 4. The molecule has 0 aliphatic heterocycles. The molecule has 0 amide bonds. The Morgan fingerprint density at radius 2 is 2.23 bits per heavy atom. The van der Waals surface area contributed by atoms with Gasteiger partial charge in [0.1, 0.15) is 4.83 Å². The van der Waals surface area contributed by atoms with Crippen molar-refractivity contribution < 1.29 is 4.74 Å². The van der Waals surface area contributed by atoms with Crippen LogP contribution in [-0.4, -0.2) is 12.1 Å². The van der Waals surface area contributed by atoms with Crippen LogP contribution in [0.15, 0.2) is 12.1 Å². The first-order valence-corrected chi connectivity index (χ1v) is 4.73. The highest BCUT2D eigenvalue weighted by Crippen LogP contribution is 2.32. The van der Waals surface area contributed by atoms with E-state index in [-0.39, 0.29) is 0 Å². The fourth-order valence-corrected chi connectivity index (χ4v) is 2.14. The monoisotopic (exact) mass is 194 g/mol. The van der Waals surface area contributed by atoms with E-state index < -0.39 is 0 Å². The summed E-state index contributed by atoms with van der Waals surface area (Å²) in [7, 11) is 1.61. The van der Waals surface area contributed by atoms with E-state index in [1.165, 1.54) is 0 Å². The molecule has 0 saturated carbocycles. The lowest BCUT2D eigenvalue weighted by molar-refractivity contribution is 0.400. The molecule has 3 nitrogen and oxygen atoms in total. The third-order valence-electron chi connectivity index (χ3n) is 1.96. The number of rotatable bonds is 1. The molecule has 0 atom stereocenters. The number of nitrogens with two attached hydrogens (primary N) is 1. The SMILES string of the molecule is COc1ccc2c(N)c(C)sc2n1. The van der Waals surface area contributed by atoms with Crippen LogP contribution in [0.25, 0.3) is 10.2 Å². The highest BCUT2D eigenvalue weighted by molar-refractivity contribution is 7.19. The van der Waals surface area contributed by atoms with Gasteiger partial charge in [-0.1, -0.05) is 0 Å². The predicted octanol–water partition coefficient (Wildman–Crippen LogP) is 2.20.